The zero-order valence-corrected chi connectivity index (χ0v) is 14.1. The van der Waals surface area contributed by atoms with Crippen LogP contribution in [0.25, 0.3) is 0 Å². The lowest BCUT2D eigenvalue weighted by atomic mass is 9.74. The summed E-state index contributed by atoms with van der Waals surface area (Å²) in [5.74, 6) is -0.477. The quantitative estimate of drug-likeness (QED) is 0.867. The predicted molar refractivity (Wildman–Crippen MR) is 87.1 cm³/mol. The topological polar surface area (TPSA) is 99.4 Å². The SMILES string of the molecule is CC(C)(C)OC(=O)NC1(c2cccc(C#N)c2)CCCC(O)C1=O. The van der Waals surface area contributed by atoms with Crippen LogP contribution < -0.4 is 5.32 Å². The number of aliphatic hydroxyl groups is 1. The fourth-order valence-electron chi connectivity index (χ4n) is 2.91. The molecule has 2 atom stereocenters. The lowest BCUT2D eigenvalue weighted by Gasteiger charge is -2.39. The van der Waals surface area contributed by atoms with Crippen molar-refractivity contribution in [3.63, 3.8) is 0 Å². The monoisotopic (exact) mass is 330 g/mol. The molecule has 0 saturated heterocycles. The van der Waals surface area contributed by atoms with E-state index in [0.29, 0.717) is 30.4 Å². The van der Waals surface area contributed by atoms with Crippen LogP contribution in [0.2, 0.25) is 0 Å². The normalized spacial score (nSPS) is 24.1. The summed E-state index contributed by atoms with van der Waals surface area (Å²) in [5, 5.41) is 21.8. The standard InChI is InChI=1S/C18H22N2O4/c1-17(2,3)24-16(23)20-18(9-5-8-14(21)15(18)22)13-7-4-6-12(10-13)11-19/h4,6-7,10,14,21H,5,8-9H2,1-3H3,(H,20,23). The Hall–Kier alpha value is -2.39. The molecule has 128 valence electrons. The van der Waals surface area contributed by atoms with Crippen LogP contribution in [0.1, 0.15) is 51.2 Å². The third-order valence-electron chi connectivity index (χ3n) is 3.95. The number of carbonyl (C=O) groups excluding carboxylic acids is 2. The van der Waals surface area contributed by atoms with E-state index in [1.165, 1.54) is 0 Å². The smallest absolute Gasteiger partial charge is 0.408 e. The predicted octanol–water partition coefficient (Wildman–Crippen LogP) is 2.39. The van der Waals surface area contributed by atoms with E-state index < -0.39 is 29.1 Å². The van der Waals surface area contributed by atoms with Crippen molar-refractivity contribution in [2.75, 3.05) is 0 Å². The number of nitrogens with one attached hydrogen (secondary N) is 1. The van der Waals surface area contributed by atoms with Crippen molar-refractivity contribution in [3.8, 4) is 6.07 Å². The van der Waals surface area contributed by atoms with Gasteiger partial charge in [-0.15, -0.1) is 0 Å². The maximum absolute atomic E-state index is 12.7. The number of hydrogen-bond acceptors (Lipinski definition) is 5. The Bertz CT molecular complexity index is 687. The maximum atomic E-state index is 12.7. The second-order valence-corrected chi connectivity index (χ2v) is 7.00. The Kier molecular flexibility index (Phi) is 4.95. The summed E-state index contributed by atoms with van der Waals surface area (Å²) in [6.07, 6.45) is -0.614. The van der Waals surface area contributed by atoms with Gasteiger partial charge in [-0.1, -0.05) is 12.1 Å². The average molecular weight is 330 g/mol. The van der Waals surface area contributed by atoms with Crippen LogP contribution in [0, 0.1) is 11.3 Å². The first-order valence-corrected chi connectivity index (χ1v) is 7.92. The van der Waals surface area contributed by atoms with E-state index in [1.807, 2.05) is 6.07 Å². The fourth-order valence-corrected chi connectivity index (χ4v) is 2.91. The Balaban J connectivity index is 2.44. The molecule has 0 aliphatic heterocycles. The second kappa shape index (κ2) is 6.62. The number of benzene rings is 1. The molecular weight excluding hydrogens is 308 g/mol. The van der Waals surface area contributed by atoms with Crippen LogP contribution >= 0.6 is 0 Å². The Morgan fingerprint density at radius 3 is 2.79 bits per heavy atom. The molecule has 0 aromatic heterocycles. The van der Waals surface area contributed by atoms with Crippen LogP contribution in [0.15, 0.2) is 24.3 Å². The highest BCUT2D eigenvalue weighted by Crippen LogP contribution is 2.35. The van der Waals surface area contributed by atoms with Crippen LogP contribution in [0.4, 0.5) is 4.79 Å². The number of aliphatic hydroxyl groups excluding tert-OH is 1. The molecule has 1 aromatic rings. The third-order valence-corrected chi connectivity index (χ3v) is 3.95. The molecule has 0 bridgehead atoms. The van der Waals surface area contributed by atoms with Gasteiger partial charge in [0, 0.05) is 0 Å². The van der Waals surface area contributed by atoms with E-state index in [9.17, 15) is 14.7 Å². The minimum Gasteiger partial charge on any atom is -0.444 e. The molecule has 1 aliphatic rings. The van der Waals surface area contributed by atoms with Gasteiger partial charge in [0.25, 0.3) is 0 Å². The van der Waals surface area contributed by atoms with Crippen molar-refractivity contribution < 1.29 is 19.4 Å². The summed E-state index contributed by atoms with van der Waals surface area (Å²) in [5.41, 5.74) is -1.23. The minimum atomic E-state index is -1.38. The molecule has 1 amide bonds. The largest absolute Gasteiger partial charge is 0.444 e. The minimum absolute atomic E-state index is 0.344. The number of ether oxygens (including phenoxy) is 1. The lowest BCUT2D eigenvalue weighted by molar-refractivity contribution is -0.138. The van der Waals surface area contributed by atoms with Gasteiger partial charge in [-0.05, 0) is 57.7 Å². The Morgan fingerprint density at radius 1 is 1.46 bits per heavy atom. The molecular formula is C18H22N2O4. The first-order chi connectivity index (χ1) is 11.2. The number of rotatable bonds is 2. The maximum Gasteiger partial charge on any atom is 0.408 e. The molecule has 1 fully saturated rings. The summed E-state index contributed by atoms with van der Waals surface area (Å²) in [6, 6.07) is 8.53. The number of alkyl carbamates (subject to hydrolysis) is 1. The van der Waals surface area contributed by atoms with E-state index >= 15 is 0 Å². The zero-order valence-electron chi connectivity index (χ0n) is 14.1. The molecule has 1 aromatic carbocycles. The Morgan fingerprint density at radius 2 is 2.17 bits per heavy atom. The van der Waals surface area contributed by atoms with Crippen molar-refractivity contribution in [1.29, 1.82) is 5.26 Å². The number of ketones is 1. The number of nitrogens with zero attached hydrogens (tertiary/aromatic N) is 1. The van der Waals surface area contributed by atoms with E-state index in [4.69, 9.17) is 10.00 Å². The third kappa shape index (κ3) is 3.74. The van der Waals surface area contributed by atoms with Crippen LogP contribution in [-0.2, 0) is 15.1 Å². The van der Waals surface area contributed by atoms with Gasteiger partial charge in [0.15, 0.2) is 5.78 Å². The summed E-state index contributed by atoms with van der Waals surface area (Å²) in [6.45, 7) is 5.19. The van der Waals surface area contributed by atoms with Gasteiger partial charge in [0.2, 0.25) is 0 Å². The molecule has 2 N–H and O–H groups in total. The van der Waals surface area contributed by atoms with Crippen molar-refractivity contribution in [2.45, 2.75) is 57.3 Å². The molecule has 0 heterocycles. The number of hydrogen-bond donors (Lipinski definition) is 2. The van der Waals surface area contributed by atoms with Gasteiger partial charge in [-0.2, -0.15) is 5.26 Å². The first-order valence-electron chi connectivity index (χ1n) is 7.92. The van der Waals surface area contributed by atoms with Gasteiger partial charge in [-0.3, -0.25) is 4.79 Å². The zero-order chi connectivity index (χ0) is 18.0. The summed E-state index contributed by atoms with van der Waals surface area (Å²) in [7, 11) is 0. The van der Waals surface area contributed by atoms with E-state index in [-0.39, 0.29) is 0 Å². The van der Waals surface area contributed by atoms with Gasteiger partial charge >= 0.3 is 6.09 Å². The van der Waals surface area contributed by atoms with Crippen molar-refractivity contribution in [3.05, 3.63) is 35.4 Å². The molecule has 6 nitrogen and oxygen atoms in total. The number of carbonyl (C=O) groups is 2. The van der Waals surface area contributed by atoms with Gasteiger partial charge in [0.1, 0.15) is 17.2 Å². The second-order valence-electron chi connectivity index (χ2n) is 7.00. The lowest BCUT2D eigenvalue weighted by Crippen LogP contribution is -2.58. The fraction of sp³-hybridized carbons (Fsp3) is 0.500. The summed E-state index contributed by atoms with van der Waals surface area (Å²) >= 11 is 0. The van der Waals surface area contributed by atoms with Gasteiger partial charge in [0.05, 0.1) is 11.6 Å². The number of nitriles is 1. The van der Waals surface area contributed by atoms with Crippen LogP contribution in [0.5, 0.6) is 0 Å². The van der Waals surface area contributed by atoms with Gasteiger partial charge < -0.3 is 15.2 Å². The molecule has 2 unspecified atom stereocenters. The number of amides is 1. The molecule has 24 heavy (non-hydrogen) atoms. The summed E-state index contributed by atoms with van der Waals surface area (Å²) < 4.78 is 5.28. The Labute approximate surface area is 141 Å². The van der Waals surface area contributed by atoms with E-state index in [1.54, 1.807) is 45.0 Å². The number of Topliss-reactive ketones (excluding diaryl/α,β-unsaturated/α-hetero) is 1. The van der Waals surface area contributed by atoms with Gasteiger partial charge in [-0.25, -0.2) is 4.79 Å². The molecule has 0 spiro atoms. The highest BCUT2D eigenvalue weighted by atomic mass is 16.6. The van der Waals surface area contributed by atoms with Crippen molar-refractivity contribution >= 4 is 11.9 Å². The summed E-state index contributed by atoms with van der Waals surface area (Å²) in [4.78, 5) is 25.0. The molecule has 1 aliphatic carbocycles. The molecule has 6 heteroatoms. The molecule has 0 radical (unpaired) electrons. The van der Waals surface area contributed by atoms with Crippen LogP contribution in [0.3, 0.4) is 0 Å². The molecule has 2 rings (SSSR count). The van der Waals surface area contributed by atoms with Crippen molar-refractivity contribution in [2.24, 2.45) is 0 Å². The van der Waals surface area contributed by atoms with E-state index in [2.05, 4.69) is 5.32 Å². The van der Waals surface area contributed by atoms with E-state index in [0.717, 1.165) is 0 Å². The highest BCUT2D eigenvalue weighted by Gasteiger charge is 2.47. The van der Waals surface area contributed by atoms with Crippen molar-refractivity contribution in [1.82, 2.24) is 5.32 Å². The first kappa shape index (κ1) is 18.0. The highest BCUT2D eigenvalue weighted by molar-refractivity contribution is 5.96. The van der Waals surface area contributed by atoms with Crippen LogP contribution in [-0.4, -0.2) is 28.7 Å². The molecule has 1 saturated carbocycles. The average Bonchev–Trinajstić information content (AvgIpc) is 2.50.